The molecule has 2 nitrogen and oxygen atoms in total. The average Bonchev–Trinajstić information content (AvgIpc) is 2.03. The van der Waals surface area contributed by atoms with Crippen LogP contribution in [0, 0.1) is 0 Å². The minimum absolute atomic E-state index is 0.143. The largest absolute Gasteiger partial charge is 0.290 e. The predicted molar refractivity (Wildman–Crippen MR) is 43.2 cm³/mol. The van der Waals surface area contributed by atoms with Gasteiger partial charge in [-0.25, -0.2) is 0 Å². The van der Waals surface area contributed by atoms with Crippen LogP contribution in [0.4, 0.5) is 0 Å². The van der Waals surface area contributed by atoms with Crippen LogP contribution in [-0.2, 0) is 9.90 Å². The van der Waals surface area contributed by atoms with Gasteiger partial charge in [-0.2, -0.15) is 0 Å². The average molecular weight is 166 g/mol. The van der Waals surface area contributed by atoms with Gasteiger partial charge in [0.15, 0.2) is 5.75 Å². The Labute approximate surface area is 69.2 Å². The van der Waals surface area contributed by atoms with E-state index in [2.05, 4.69) is 0 Å². The van der Waals surface area contributed by atoms with Crippen LogP contribution in [0.5, 0.6) is 5.75 Å². The number of hydrogen-bond donors (Lipinski definition) is 0. The molecule has 0 saturated carbocycles. The van der Waals surface area contributed by atoms with Crippen molar-refractivity contribution in [3.63, 3.8) is 0 Å². The summed E-state index contributed by atoms with van der Waals surface area (Å²) in [6, 6.07) is 4.40. The summed E-state index contributed by atoms with van der Waals surface area (Å²) in [7, 11) is 0. The second-order valence-corrected chi connectivity index (χ2v) is 2.88. The van der Waals surface area contributed by atoms with Gasteiger partial charge in [0.2, 0.25) is 6.29 Å². The van der Waals surface area contributed by atoms with Crippen molar-refractivity contribution in [2.75, 3.05) is 6.26 Å². The van der Waals surface area contributed by atoms with Crippen molar-refractivity contribution < 1.29 is 9.90 Å². The molecule has 3 heteroatoms. The summed E-state index contributed by atoms with van der Waals surface area (Å²) in [4.78, 5) is 11.0. The predicted octanol–water partition coefficient (Wildman–Crippen LogP) is 2.01. The van der Waals surface area contributed by atoms with Crippen molar-refractivity contribution in [2.24, 2.45) is 0 Å². The van der Waals surface area contributed by atoms with Crippen molar-refractivity contribution in [1.82, 2.24) is 0 Å². The summed E-state index contributed by atoms with van der Waals surface area (Å²) in [6.07, 6.45) is 3.53. The Bertz CT molecular complexity index is 271. The Hall–Kier alpha value is -0.960. The number of hydrogen-bond acceptors (Lipinski definition) is 2. The summed E-state index contributed by atoms with van der Waals surface area (Å²) in [5, 5.41) is 10.8. The minimum Gasteiger partial charge on any atom is -0.290 e. The Morgan fingerprint density at radius 2 is 2.09 bits per heavy atom. The highest BCUT2D eigenvalue weighted by Gasteiger charge is 1.99. The molecule has 0 saturated heterocycles. The van der Waals surface area contributed by atoms with Gasteiger partial charge >= 0.3 is 0 Å². The lowest BCUT2D eigenvalue weighted by Gasteiger charge is -1.95. The molecular formula is C8H6O2S. The lowest BCUT2D eigenvalue weighted by molar-refractivity contribution is 0.353. The molecule has 0 heterocycles. The first kappa shape index (κ1) is 8.14. The molecule has 1 rings (SSSR count). The molecule has 1 aromatic rings. The minimum atomic E-state index is -0.143. The maximum atomic E-state index is 10.8. The molecule has 0 atom stereocenters. The van der Waals surface area contributed by atoms with Crippen LogP contribution in [-0.4, -0.2) is 12.5 Å². The summed E-state index contributed by atoms with van der Waals surface area (Å²) < 4.78 is 0. The number of thioether (sulfide) groups is 1. The topological polar surface area (TPSA) is 37.0 Å². The van der Waals surface area contributed by atoms with Crippen LogP contribution in [0.15, 0.2) is 23.1 Å². The Morgan fingerprint density at radius 1 is 1.36 bits per heavy atom. The monoisotopic (exact) mass is 166 g/mol. The summed E-state index contributed by atoms with van der Waals surface area (Å²) >= 11 is 1.43. The fraction of sp³-hybridized carbons (Fsp3) is 0.125. The van der Waals surface area contributed by atoms with E-state index in [1.165, 1.54) is 23.9 Å². The van der Waals surface area contributed by atoms with Gasteiger partial charge in [0.05, 0.1) is 0 Å². The molecule has 1 aromatic carbocycles. The van der Waals surface area contributed by atoms with Crippen LogP contribution < -0.4 is 0 Å². The first-order valence-electron chi connectivity index (χ1n) is 3.00. The zero-order valence-corrected chi connectivity index (χ0v) is 6.77. The molecule has 11 heavy (non-hydrogen) atoms. The molecule has 2 radical (unpaired) electrons. The standard InChI is InChI=1S/C8H6O2S/c1-11-8-3-6(5-9)2-7(10)4-8/h2-4H,1H3. The first-order chi connectivity index (χ1) is 5.26. The Kier molecular flexibility index (Phi) is 2.54. The van der Waals surface area contributed by atoms with E-state index >= 15 is 0 Å². The summed E-state index contributed by atoms with van der Waals surface area (Å²) in [5.41, 5.74) is 0.321. The van der Waals surface area contributed by atoms with Gasteiger partial charge in [-0.15, -0.1) is 11.8 Å². The molecule has 0 N–H and O–H groups in total. The molecule has 0 aromatic heterocycles. The van der Waals surface area contributed by atoms with Crippen LogP contribution in [0.25, 0.3) is 0 Å². The lowest BCUT2D eigenvalue weighted by Crippen LogP contribution is -1.79. The molecule has 0 spiro atoms. The van der Waals surface area contributed by atoms with E-state index in [-0.39, 0.29) is 5.75 Å². The molecule has 0 bridgehead atoms. The van der Waals surface area contributed by atoms with Gasteiger partial charge in [0.25, 0.3) is 0 Å². The molecule has 0 unspecified atom stereocenters. The summed E-state index contributed by atoms with van der Waals surface area (Å²) in [6.45, 7) is 0. The van der Waals surface area contributed by atoms with Gasteiger partial charge in [0.1, 0.15) is 0 Å². The van der Waals surface area contributed by atoms with E-state index in [0.717, 1.165) is 4.90 Å². The molecule has 0 aliphatic rings. The van der Waals surface area contributed by atoms with E-state index in [1.807, 2.05) is 6.26 Å². The maximum Gasteiger partial charge on any atom is 0.233 e. The van der Waals surface area contributed by atoms with Crippen molar-refractivity contribution >= 4 is 18.0 Å². The fourth-order valence-electron chi connectivity index (χ4n) is 0.749. The third kappa shape index (κ3) is 1.98. The van der Waals surface area contributed by atoms with Gasteiger partial charge in [-0.3, -0.25) is 9.90 Å². The van der Waals surface area contributed by atoms with Crippen molar-refractivity contribution in [3.8, 4) is 5.75 Å². The molecule has 0 fully saturated rings. The van der Waals surface area contributed by atoms with Crippen LogP contribution in [0.3, 0.4) is 0 Å². The first-order valence-corrected chi connectivity index (χ1v) is 4.23. The van der Waals surface area contributed by atoms with Crippen molar-refractivity contribution in [2.45, 2.75) is 4.90 Å². The third-order valence-electron chi connectivity index (χ3n) is 1.23. The van der Waals surface area contributed by atoms with E-state index in [0.29, 0.717) is 5.56 Å². The third-order valence-corrected chi connectivity index (χ3v) is 1.94. The van der Waals surface area contributed by atoms with Crippen LogP contribution >= 0.6 is 11.8 Å². The summed E-state index contributed by atoms with van der Waals surface area (Å²) in [5.74, 6) is -0.143. The molecular weight excluding hydrogens is 160 g/mol. The Balaban J connectivity index is 3.11. The zero-order chi connectivity index (χ0) is 8.27. The highest BCUT2D eigenvalue weighted by molar-refractivity contribution is 7.98. The van der Waals surface area contributed by atoms with E-state index in [9.17, 15) is 9.90 Å². The SMILES string of the molecule is CSc1cc([O])cc([C]=O)c1. The smallest absolute Gasteiger partial charge is 0.233 e. The Morgan fingerprint density at radius 3 is 2.64 bits per heavy atom. The molecule has 56 valence electrons. The number of carbonyl (C=O) groups excluding carboxylic acids is 1. The zero-order valence-electron chi connectivity index (χ0n) is 5.96. The van der Waals surface area contributed by atoms with Crippen molar-refractivity contribution in [3.05, 3.63) is 23.8 Å². The fourth-order valence-corrected chi connectivity index (χ4v) is 1.23. The lowest BCUT2D eigenvalue weighted by atomic mass is 10.2. The van der Waals surface area contributed by atoms with Gasteiger partial charge in [0, 0.05) is 10.5 Å². The van der Waals surface area contributed by atoms with E-state index < -0.39 is 0 Å². The van der Waals surface area contributed by atoms with Crippen molar-refractivity contribution in [1.29, 1.82) is 0 Å². The number of rotatable bonds is 2. The molecule has 0 aliphatic heterocycles. The normalized spacial score (nSPS) is 9.55. The quantitative estimate of drug-likeness (QED) is 0.630. The van der Waals surface area contributed by atoms with E-state index in [4.69, 9.17) is 0 Å². The van der Waals surface area contributed by atoms with E-state index in [1.54, 1.807) is 12.4 Å². The second-order valence-electron chi connectivity index (χ2n) is 2.00. The second kappa shape index (κ2) is 3.44. The molecule has 0 amide bonds. The van der Waals surface area contributed by atoms with Crippen LogP contribution in [0.1, 0.15) is 5.56 Å². The highest BCUT2D eigenvalue weighted by Crippen LogP contribution is 2.22. The molecule has 0 aliphatic carbocycles. The maximum absolute atomic E-state index is 10.8. The highest BCUT2D eigenvalue weighted by atomic mass is 32.2. The van der Waals surface area contributed by atoms with Gasteiger partial charge in [-0.05, 0) is 24.5 Å². The van der Waals surface area contributed by atoms with Gasteiger partial charge in [-0.1, -0.05) is 0 Å². The van der Waals surface area contributed by atoms with Gasteiger partial charge < -0.3 is 0 Å². The van der Waals surface area contributed by atoms with Crippen LogP contribution in [0.2, 0.25) is 0 Å². The number of benzene rings is 1.